The fourth-order valence-corrected chi connectivity index (χ4v) is 4.57. The van der Waals surface area contributed by atoms with Crippen LogP contribution in [0.15, 0.2) is 60.7 Å². The topological polar surface area (TPSA) is 90.0 Å². The molecule has 2 amide bonds. The summed E-state index contributed by atoms with van der Waals surface area (Å²) in [5.41, 5.74) is 1.24. The molecule has 0 bridgehead atoms. The van der Waals surface area contributed by atoms with Crippen LogP contribution in [0.5, 0.6) is 0 Å². The summed E-state index contributed by atoms with van der Waals surface area (Å²) in [5, 5.41) is 2.92. The van der Waals surface area contributed by atoms with E-state index in [1.807, 2.05) is 44.2 Å². The molecule has 34 heavy (non-hydrogen) atoms. The molecule has 2 aromatic carbocycles. The largest absolute Gasteiger partial charge is 0.354 e. The van der Waals surface area contributed by atoms with Gasteiger partial charge in [-0.2, -0.15) is 12.7 Å². The summed E-state index contributed by atoms with van der Waals surface area (Å²) < 4.78 is 28.3. The molecule has 0 heterocycles. The molecule has 186 valence electrons. The summed E-state index contributed by atoms with van der Waals surface area (Å²) >= 11 is 0. The Hall–Kier alpha value is -2.91. The quantitative estimate of drug-likeness (QED) is 0.439. The molecule has 2 rings (SSSR count). The highest BCUT2D eigenvalue weighted by Gasteiger charge is 2.33. The summed E-state index contributed by atoms with van der Waals surface area (Å²) in [6.45, 7) is 4.20. The Morgan fingerprint density at radius 1 is 0.941 bits per heavy atom. The zero-order valence-corrected chi connectivity index (χ0v) is 21.3. The van der Waals surface area contributed by atoms with Crippen molar-refractivity contribution in [2.75, 3.05) is 31.5 Å². The van der Waals surface area contributed by atoms with Gasteiger partial charge in [-0.1, -0.05) is 68.8 Å². The van der Waals surface area contributed by atoms with E-state index in [4.69, 9.17) is 0 Å². The van der Waals surface area contributed by atoms with Crippen LogP contribution < -0.4 is 9.62 Å². The SMILES string of the molecule is CCCCNC(=O)[C@@H](CC)N(Cc1ccccc1)C(=O)CN(c1ccccc1)S(=O)(=O)N(C)C. The number of carbonyl (C=O) groups excluding carboxylic acids is 2. The molecule has 0 unspecified atom stereocenters. The van der Waals surface area contributed by atoms with Crippen molar-refractivity contribution in [2.45, 2.75) is 45.7 Å². The van der Waals surface area contributed by atoms with Gasteiger partial charge in [0.25, 0.3) is 0 Å². The van der Waals surface area contributed by atoms with Crippen molar-refractivity contribution in [2.24, 2.45) is 0 Å². The lowest BCUT2D eigenvalue weighted by atomic mass is 10.1. The smallest absolute Gasteiger partial charge is 0.304 e. The maximum Gasteiger partial charge on any atom is 0.304 e. The zero-order valence-electron chi connectivity index (χ0n) is 20.5. The van der Waals surface area contributed by atoms with Gasteiger partial charge in [-0.05, 0) is 30.5 Å². The number of nitrogens with zero attached hydrogens (tertiary/aromatic N) is 3. The summed E-state index contributed by atoms with van der Waals surface area (Å²) in [7, 11) is -1.10. The second-order valence-corrected chi connectivity index (χ2v) is 10.3. The summed E-state index contributed by atoms with van der Waals surface area (Å²) in [6.07, 6.45) is 2.19. The second-order valence-electron chi connectivity index (χ2n) is 8.21. The molecular formula is C25H36N4O4S. The fourth-order valence-electron chi connectivity index (χ4n) is 3.52. The number of unbranched alkanes of at least 4 members (excludes halogenated alkanes) is 1. The lowest BCUT2D eigenvalue weighted by Gasteiger charge is -2.34. The monoisotopic (exact) mass is 488 g/mol. The van der Waals surface area contributed by atoms with Gasteiger partial charge in [0, 0.05) is 27.2 Å². The van der Waals surface area contributed by atoms with Crippen LogP contribution in [0, 0.1) is 0 Å². The predicted octanol–water partition coefficient (Wildman–Crippen LogP) is 3.02. The Labute approximate surface area is 203 Å². The number of nitrogens with one attached hydrogen (secondary N) is 1. The molecule has 9 heteroatoms. The number of rotatable bonds is 13. The Bertz CT molecular complexity index is 1010. The normalized spacial score (nSPS) is 12.3. The van der Waals surface area contributed by atoms with Gasteiger partial charge in [0.15, 0.2) is 0 Å². The molecule has 1 N–H and O–H groups in total. The van der Waals surface area contributed by atoms with Crippen molar-refractivity contribution in [3.8, 4) is 0 Å². The highest BCUT2D eigenvalue weighted by atomic mass is 32.2. The summed E-state index contributed by atoms with van der Waals surface area (Å²) in [6, 6.07) is 17.2. The van der Waals surface area contributed by atoms with Crippen LogP contribution in [-0.4, -0.2) is 62.7 Å². The molecule has 0 spiro atoms. The fraction of sp³-hybridized carbons (Fsp3) is 0.440. The Morgan fingerprint density at radius 2 is 1.53 bits per heavy atom. The van der Waals surface area contributed by atoms with E-state index in [-0.39, 0.29) is 12.5 Å². The van der Waals surface area contributed by atoms with Gasteiger partial charge in [-0.15, -0.1) is 0 Å². The van der Waals surface area contributed by atoms with E-state index in [0.717, 1.165) is 27.0 Å². The lowest BCUT2D eigenvalue weighted by molar-refractivity contribution is -0.140. The highest BCUT2D eigenvalue weighted by molar-refractivity contribution is 7.90. The molecule has 0 aliphatic carbocycles. The molecule has 0 radical (unpaired) electrons. The van der Waals surface area contributed by atoms with E-state index in [1.165, 1.54) is 19.0 Å². The first-order valence-corrected chi connectivity index (χ1v) is 13.0. The van der Waals surface area contributed by atoms with Crippen LogP contribution in [-0.2, 0) is 26.3 Å². The van der Waals surface area contributed by atoms with Crippen molar-refractivity contribution < 1.29 is 18.0 Å². The second kappa shape index (κ2) is 13.1. The van der Waals surface area contributed by atoms with Crippen LogP contribution in [0.1, 0.15) is 38.7 Å². The summed E-state index contributed by atoms with van der Waals surface area (Å²) in [4.78, 5) is 28.1. The average molecular weight is 489 g/mol. The van der Waals surface area contributed by atoms with Gasteiger partial charge in [0.2, 0.25) is 11.8 Å². The number of carbonyl (C=O) groups is 2. The number of amides is 2. The summed E-state index contributed by atoms with van der Waals surface area (Å²) in [5.74, 6) is -0.683. The molecule has 0 aromatic heterocycles. The minimum absolute atomic E-state index is 0.198. The highest BCUT2D eigenvalue weighted by Crippen LogP contribution is 2.21. The van der Waals surface area contributed by atoms with Crippen LogP contribution >= 0.6 is 0 Å². The minimum atomic E-state index is -3.95. The van der Waals surface area contributed by atoms with E-state index in [9.17, 15) is 18.0 Å². The van der Waals surface area contributed by atoms with Gasteiger partial charge in [-0.3, -0.25) is 9.59 Å². The van der Waals surface area contributed by atoms with Crippen LogP contribution in [0.25, 0.3) is 0 Å². The molecule has 1 atom stereocenters. The maximum absolute atomic E-state index is 13.7. The van der Waals surface area contributed by atoms with Crippen molar-refractivity contribution in [1.82, 2.24) is 14.5 Å². The minimum Gasteiger partial charge on any atom is -0.354 e. The van der Waals surface area contributed by atoms with Crippen LogP contribution in [0.3, 0.4) is 0 Å². The van der Waals surface area contributed by atoms with Gasteiger partial charge in [0.1, 0.15) is 12.6 Å². The Morgan fingerprint density at radius 3 is 2.06 bits per heavy atom. The van der Waals surface area contributed by atoms with Crippen LogP contribution in [0.2, 0.25) is 0 Å². The molecule has 2 aromatic rings. The van der Waals surface area contributed by atoms with E-state index in [2.05, 4.69) is 5.32 Å². The van der Waals surface area contributed by atoms with Gasteiger partial charge >= 0.3 is 10.2 Å². The number of para-hydroxylation sites is 1. The molecule has 0 saturated heterocycles. The van der Waals surface area contributed by atoms with Crippen LogP contribution in [0.4, 0.5) is 5.69 Å². The van der Waals surface area contributed by atoms with Gasteiger partial charge in [0.05, 0.1) is 5.69 Å². The van der Waals surface area contributed by atoms with E-state index in [0.29, 0.717) is 18.7 Å². The zero-order chi connectivity index (χ0) is 25.1. The van der Waals surface area contributed by atoms with E-state index in [1.54, 1.807) is 30.3 Å². The third-order valence-electron chi connectivity index (χ3n) is 5.47. The first kappa shape index (κ1) is 27.3. The van der Waals surface area contributed by atoms with Crippen molar-refractivity contribution >= 4 is 27.7 Å². The third-order valence-corrected chi connectivity index (χ3v) is 7.29. The standard InChI is InChI=1S/C25H36N4O4S/c1-5-7-18-26-25(31)23(6-2)28(19-21-14-10-8-11-15-21)24(30)20-29(34(32,33)27(3)4)22-16-12-9-13-17-22/h8-17,23H,5-7,18-20H2,1-4H3,(H,26,31)/t23-/m1/s1. The van der Waals surface area contributed by atoms with Crippen molar-refractivity contribution in [3.63, 3.8) is 0 Å². The first-order chi connectivity index (χ1) is 16.2. The Balaban J connectivity index is 2.40. The van der Waals surface area contributed by atoms with E-state index < -0.39 is 28.7 Å². The molecular weight excluding hydrogens is 452 g/mol. The number of anilines is 1. The molecule has 0 saturated carbocycles. The molecule has 0 aliphatic heterocycles. The third kappa shape index (κ3) is 7.30. The maximum atomic E-state index is 13.7. The predicted molar refractivity (Wildman–Crippen MR) is 135 cm³/mol. The van der Waals surface area contributed by atoms with Crippen molar-refractivity contribution in [1.29, 1.82) is 0 Å². The molecule has 8 nitrogen and oxygen atoms in total. The number of benzene rings is 2. The van der Waals surface area contributed by atoms with Gasteiger partial charge in [-0.25, -0.2) is 4.31 Å². The Kier molecular flexibility index (Phi) is 10.5. The average Bonchev–Trinajstić information content (AvgIpc) is 2.83. The molecule has 0 fully saturated rings. The van der Waals surface area contributed by atoms with Crippen molar-refractivity contribution in [3.05, 3.63) is 66.2 Å². The number of hydrogen-bond donors (Lipinski definition) is 1. The first-order valence-electron chi connectivity index (χ1n) is 11.6. The molecule has 0 aliphatic rings. The van der Waals surface area contributed by atoms with Gasteiger partial charge < -0.3 is 10.2 Å². The lowest BCUT2D eigenvalue weighted by Crippen LogP contribution is -2.53. The van der Waals surface area contributed by atoms with E-state index >= 15 is 0 Å². The number of hydrogen-bond acceptors (Lipinski definition) is 4.